The van der Waals surface area contributed by atoms with Crippen molar-refractivity contribution in [1.29, 1.82) is 0 Å². The highest BCUT2D eigenvalue weighted by Crippen LogP contribution is 2.46. The highest BCUT2D eigenvalue weighted by molar-refractivity contribution is 7.61. The van der Waals surface area contributed by atoms with Crippen LogP contribution in [-0.2, 0) is 48.7 Å². The van der Waals surface area contributed by atoms with Gasteiger partial charge in [0.25, 0.3) is 5.56 Å². The molecule has 3 heterocycles. The summed E-state index contributed by atoms with van der Waals surface area (Å²) in [6.45, 7) is 7.97. The molecule has 234 valence electrons. The zero-order valence-corrected chi connectivity index (χ0v) is 25.2. The number of aliphatic hydroxyl groups is 1. The fourth-order valence-electron chi connectivity index (χ4n) is 3.60. The summed E-state index contributed by atoms with van der Waals surface area (Å²) in [6, 6.07) is 1.12. The molecule has 18 heteroatoms. The Morgan fingerprint density at radius 3 is 2.14 bits per heavy atom. The lowest BCUT2D eigenvalue weighted by Crippen LogP contribution is -2.42. The standard InChI is InChI=1S/C24H36N5O12P/c1-23(2,3)20(32)37-12-39-42(35,40-13-38-21(33)24(4,5)6)15-11-28(27-26-15)10-14-17(31)18(36-7)19(41-14)29-16(30)8-9-25-22(29)34/h8-9,11,14,17-19,31H,10,12-13H2,1-7H3,(H,25,34)/t14-,17?,18?,19-/m1/s1. The largest absolute Gasteiger partial charge is 0.438 e. The molecule has 3 rings (SSSR count). The Bertz CT molecular complexity index is 1360. The minimum atomic E-state index is -4.39. The van der Waals surface area contributed by atoms with E-state index in [1.807, 2.05) is 0 Å². The van der Waals surface area contributed by atoms with Gasteiger partial charge in [0.1, 0.15) is 18.3 Å². The van der Waals surface area contributed by atoms with E-state index in [9.17, 15) is 28.8 Å². The number of aromatic amines is 1. The normalized spacial score (nSPS) is 21.3. The smallest absolute Gasteiger partial charge is 0.388 e. The summed E-state index contributed by atoms with van der Waals surface area (Å²) in [7, 11) is -3.10. The first-order valence-electron chi connectivity index (χ1n) is 12.8. The molecular weight excluding hydrogens is 581 g/mol. The lowest BCUT2D eigenvalue weighted by molar-refractivity contribution is -0.161. The topological polar surface area (TPSA) is 212 Å². The molecule has 1 fully saturated rings. The van der Waals surface area contributed by atoms with Crippen LogP contribution in [0.15, 0.2) is 28.0 Å². The van der Waals surface area contributed by atoms with E-state index in [1.54, 1.807) is 41.5 Å². The van der Waals surface area contributed by atoms with E-state index in [0.717, 1.165) is 15.3 Å². The van der Waals surface area contributed by atoms with Gasteiger partial charge in [-0.1, -0.05) is 5.21 Å². The number of hydrogen-bond acceptors (Lipinski definition) is 14. The maximum Gasteiger partial charge on any atom is 0.388 e. The molecule has 17 nitrogen and oxygen atoms in total. The molecule has 2 unspecified atom stereocenters. The van der Waals surface area contributed by atoms with Crippen LogP contribution in [0.2, 0.25) is 0 Å². The highest BCUT2D eigenvalue weighted by atomic mass is 31.2. The van der Waals surface area contributed by atoms with Crippen LogP contribution in [-0.4, -0.2) is 80.6 Å². The molecule has 0 saturated carbocycles. The predicted molar refractivity (Wildman–Crippen MR) is 142 cm³/mol. The second kappa shape index (κ2) is 13.0. The van der Waals surface area contributed by atoms with E-state index < -0.39 is 79.7 Å². The minimum Gasteiger partial charge on any atom is -0.438 e. The zero-order valence-electron chi connectivity index (χ0n) is 24.3. The summed E-state index contributed by atoms with van der Waals surface area (Å²) >= 11 is 0. The van der Waals surface area contributed by atoms with Crippen LogP contribution in [0.1, 0.15) is 47.8 Å². The van der Waals surface area contributed by atoms with E-state index in [2.05, 4.69) is 15.3 Å². The van der Waals surface area contributed by atoms with Crippen LogP contribution < -0.4 is 16.7 Å². The Morgan fingerprint density at radius 1 is 1.07 bits per heavy atom. The number of H-pyrrole nitrogens is 1. The Balaban J connectivity index is 1.79. The van der Waals surface area contributed by atoms with Gasteiger partial charge >= 0.3 is 25.2 Å². The number of ether oxygens (including phenoxy) is 4. The summed E-state index contributed by atoms with van der Waals surface area (Å²) < 4.78 is 47.4. The number of nitrogens with zero attached hydrogens (tertiary/aromatic N) is 4. The molecule has 4 atom stereocenters. The van der Waals surface area contributed by atoms with Crippen molar-refractivity contribution in [3.8, 4) is 0 Å². The predicted octanol–water partition coefficient (Wildman–Crippen LogP) is 0.0468. The van der Waals surface area contributed by atoms with Gasteiger partial charge in [-0.05, 0) is 41.5 Å². The van der Waals surface area contributed by atoms with Crippen LogP contribution in [0.5, 0.6) is 0 Å². The van der Waals surface area contributed by atoms with E-state index in [1.165, 1.54) is 19.5 Å². The maximum atomic E-state index is 13.7. The summed E-state index contributed by atoms with van der Waals surface area (Å²) in [4.78, 5) is 51.2. The Hall–Kier alpha value is -3.21. The van der Waals surface area contributed by atoms with Crippen LogP contribution in [0.3, 0.4) is 0 Å². The van der Waals surface area contributed by atoms with Gasteiger partial charge in [0.2, 0.25) is 13.6 Å². The Morgan fingerprint density at radius 2 is 1.64 bits per heavy atom. The number of aliphatic hydroxyl groups excluding tert-OH is 1. The van der Waals surface area contributed by atoms with Gasteiger partial charge < -0.3 is 29.0 Å². The van der Waals surface area contributed by atoms with E-state index in [4.69, 9.17) is 28.0 Å². The highest BCUT2D eigenvalue weighted by Gasteiger charge is 2.46. The number of esters is 2. The summed E-state index contributed by atoms with van der Waals surface area (Å²) in [6.07, 6.45) is -2.37. The van der Waals surface area contributed by atoms with Gasteiger partial charge in [0.05, 0.1) is 23.6 Å². The molecule has 0 aromatic carbocycles. The molecular formula is C24H36N5O12P. The number of methoxy groups -OCH3 is 1. The van der Waals surface area contributed by atoms with Crippen LogP contribution in [0.4, 0.5) is 0 Å². The van der Waals surface area contributed by atoms with Crippen molar-refractivity contribution in [2.75, 3.05) is 20.7 Å². The lowest BCUT2D eigenvalue weighted by Gasteiger charge is -2.20. The first-order valence-corrected chi connectivity index (χ1v) is 14.3. The first kappa shape index (κ1) is 33.3. The van der Waals surface area contributed by atoms with Crippen LogP contribution in [0, 0.1) is 10.8 Å². The van der Waals surface area contributed by atoms with Gasteiger partial charge in [0.15, 0.2) is 11.7 Å². The summed E-state index contributed by atoms with van der Waals surface area (Å²) in [5.41, 5.74) is -3.49. The molecule has 1 saturated heterocycles. The van der Waals surface area contributed by atoms with Crippen LogP contribution in [0.25, 0.3) is 0 Å². The van der Waals surface area contributed by atoms with E-state index >= 15 is 0 Å². The molecule has 0 amide bonds. The molecule has 0 radical (unpaired) electrons. The third-order valence-corrected chi connectivity index (χ3v) is 7.61. The molecule has 0 bridgehead atoms. The maximum absolute atomic E-state index is 13.7. The molecule has 0 aliphatic carbocycles. The van der Waals surface area contributed by atoms with Gasteiger partial charge in [-0.15, -0.1) is 5.10 Å². The van der Waals surface area contributed by atoms with Crippen molar-refractivity contribution >= 4 is 25.0 Å². The molecule has 0 spiro atoms. The molecule has 2 aromatic rings. The van der Waals surface area contributed by atoms with Gasteiger partial charge in [-0.3, -0.25) is 28.0 Å². The second-order valence-electron chi connectivity index (χ2n) is 11.4. The number of nitrogens with one attached hydrogen (secondary N) is 1. The third kappa shape index (κ3) is 7.79. The second-order valence-corrected chi connectivity index (χ2v) is 13.4. The number of carbonyl (C=O) groups excluding carboxylic acids is 2. The molecule has 1 aliphatic heterocycles. The van der Waals surface area contributed by atoms with Gasteiger partial charge in [0, 0.05) is 19.4 Å². The average Bonchev–Trinajstić information content (AvgIpc) is 3.47. The number of hydrogen-bond donors (Lipinski definition) is 2. The van der Waals surface area contributed by atoms with Crippen molar-refractivity contribution in [1.82, 2.24) is 24.5 Å². The Kier molecular flexibility index (Phi) is 10.3. The van der Waals surface area contributed by atoms with Gasteiger partial charge in [-0.2, -0.15) is 0 Å². The van der Waals surface area contributed by atoms with Gasteiger partial charge in [-0.25, -0.2) is 14.0 Å². The van der Waals surface area contributed by atoms with Crippen molar-refractivity contribution in [3.05, 3.63) is 39.3 Å². The summed E-state index contributed by atoms with van der Waals surface area (Å²) in [5, 5.41) is 18.5. The first-order chi connectivity index (χ1) is 19.5. The number of carbonyl (C=O) groups is 2. The van der Waals surface area contributed by atoms with Crippen LogP contribution >= 0.6 is 7.60 Å². The molecule has 42 heavy (non-hydrogen) atoms. The van der Waals surface area contributed by atoms with E-state index in [-0.39, 0.29) is 12.0 Å². The molecule has 1 aliphatic rings. The van der Waals surface area contributed by atoms with Crippen molar-refractivity contribution in [2.24, 2.45) is 10.8 Å². The number of rotatable bonds is 11. The lowest BCUT2D eigenvalue weighted by atomic mass is 9.98. The average molecular weight is 618 g/mol. The minimum absolute atomic E-state index is 0.192. The number of aromatic nitrogens is 5. The van der Waals surface area contributed by atoms with Crippen molar-refractivity contribution in [3.63, 3.8) is 0 Å². The van der Waals surface area contributed by atoms with Crippen molar-refractivity contribution < 1.29 is 47.3 Å². The van der Waals surface area contributed by atoms with Crippen molar-refractivity contribution in [2.45, 2.75) is 72.6 Å². The fraction of sp³-hybridized carbons (Fsp3) is 0.667. The molecule has 2 aromatic heterocycles. The quantitative estimate of drug-likeness (QED) is 0.194. The zero-order chi connectivity index (χ0) is 31.5. The molecule has 2 N–H and O–H groups in total. The summed E-state index contributed by atoms with van der Waals surface area (Å²) in [5.74, 6) is -1.27. The third-order valence-electron chi connectivity index (χ3n) is 5.95. The SMILES string of the molecule is COC1C(O)[C@@H](Cn2cc(P(=O)(OCOC(=O)C(C)(C)C)OCOC(=O)C(C)(C)C)nn2)O[C@H]1n1c(=O)cc[nH]c1=O. The van der Waals surface area contributed by atoms with E-state index in [0.29, 0.717) is 0 Å². The fourth-order valence-corrected chi connectivity index (χ4v) is 4.74. The monoisotopic (exact) mass is 617 g/mol. The Labute approximate surface area is 240 Å².